The first-order chi connectivity index (χ1) is 11.7. The third-order valence-electron chi connectivity index (χ3n) is 5.09. The van der Waals surface area contributed by atoms with Gasteiger partial charge in [0.15, 0.2) is 5.96 Å². The van der Waals surface area contributed by atoms with Gasteiger partial charge in [0.2, 0.25) is 0 Å². The zero-order valence-corrected chi connectivity index (χ0v) is 15.8. The van der Waals surface area contributed by atoms with Gasteiger partial charge in [0.1, 0.15) is 0 Å². The van der Waals surface area contributed by atoms with Gasteiger partial charge in [0.05, 0.1) is 13.2 Å². The number of rotatable bonds is 9. The second kappa shape index (κ2) is 10.9. The van der Waals surface area contributed by atoms with Crippen LogP contribution in [0.25, 0.3) is 0 Å². The third-order valence-corrected chi connectivity index (χ3v) is 5.09. The summed E-state index contributed by atoms with van der Waals surface area (Å²) in [5.74, 6) is 1.59. The fraction of sp³-hybridized carbons (Fsp3) is 0.944. The van der Waals surface area contributed by atoms with Crippen LogP contribution < -0.4 is 5.32 Å². The quantitative estimate of drug-likeness (QED) is 0.391. The zero-order chi connectivity index (χ0) is 17.2. The summed E-state index contributed by atoms with van der Waals surface area (Å²) in [7, 11) is 4.00. The molecule has 0 aromatic rings. The number of aliphatic imine (C=N–C) groups is 1. The summed E-state index contributed by atoms with van der Waals surface area (Å²) in [5, 5.41) is 3.46. The van der Waals surface area contributed by atoms with Crippen molar-refractivity contribution in [2.75, 3.05) is 66.7 Å². The van der Waals surface area contributed by atoms with Crippen molar-refractivity contribution < 1.29 is 9.47 Å². The highest BCUT2D eigenvalue weighted by molar-refractivity contribution is 5.79. The minimum atomic E-state index is 0.602. The Morgan fingerprint density at radius 1 is 1.42 bits per heavy atom. The van der Waals surface area contributed by atoms with E-state index < -0.39 is 0 Å². The average Bonchev–Trinajstić information content (AvgIpc) is 3.25. The number of hydrogen-bond acceptors (Lipinski definition) is 4. The van der Waals surface area contributed by atoms with Gasteiger partial charge in [0, 0.05) is 52.4 Å². The number of guanidine groups is 1. The predicted molar refractivity (Wildman–Crippen MR) is 98.6 cm³/mol. The number of hydrogen-bond donors (Lipinski definition) is 1. The van der Waals surface area contributed by atoms with Crippen LogP contribution in [0.3, 0.4) is 0 Å². The van der Waals surface area contributed by atoms with E-state index in [-0.39, 0.29) is 0 Å². The molecule has 2 aliphatic heterocycles. The fourth-order valence-electron chi connectivity index (χ4n) is 3.64. The molecule has 1 N–H and O–H groups in total. The van der Waals surface area contributed by atoms with Crippen LogP contribution in [-0.2, 0) is 9.47 Å². The van der Waals surface area contributed by atoms with Gasteiger partial charge in [-0.2, -0.15) is 0 Å². The van der Waals surface area contributed by atoms with Crippen molar-refractivity contribution in [2.24, 2.45) is 10.9 Å². The SMILES string of the molecule is CCN1CCCC1CN(C)C(=NC)NCCCOCC1CCOC1. The molecule has 0 spiro atoms. The zero-order valence-electron chi connectivity index (χ0n) is 15.8. The molecule has 2 aliphatic rings. The lowest BCUT2D eigenvalue weighted by molar-refractivity contribution is 0.0887. The van der Waals surface area contributed by atoms with Crippen molar-refractivity contribution >= 4 is 5.96 Å². The number of likely N-dealkylation sites (N-methyl/N-ethyl adjacent to an activating group) is 2. The van der Waals surface area contributed by atoms with E-state index in [4.69, 9.17) is 9.47 Å². The first-order valence-corrected chi connectivity index (χ1v) is 9.56. The van der Waals surface area contributed by atoms with Gasteiger partial charge >= 0.3 is 0 Å². The van der Waals surface area contributed by atoms with Gasteiger partial charge in [-0.1, -0.05) is 6.92 Å². The summed E-state index contributed by atoms with van der Waals surface area (Å²) in [5.41, 5.74) is 0. The van der Waals surface area contributed by atoms with Crippen molar-refractivity contribution in [2.45, 2.75) is 38.6 Å². The van der Waals surface area contributed by atoms with Gasteiger partial charge in [-0.25, -0.2) is 0 Å². The van der Waals surface area contributed by atoms with Crippen LogP contribution in [0.1, 0.15) is 32.6 Å². The molecule has 6 heteroatoms. The second-order valence-electron chi connectivity index (χ2n) is 6.94. The molecular weight excluding hydrogens is 304 g/mol. The number of likely N-dealkylation sites (tertiary alicyclic amines) is 1. The van der Waals surface area contributed by atoms with Gasteiger partial charge in [0.25, 0.3) is 0 Å². The van der Waals surface area contributed by atoms with Crippen LogP contribution in [0, 0.1) is 5.92 Å². The van der Waals surface area contributed by atoms with E-state index in [1.54, 1.807) is 0 Å². The summed E-state index contributed by atoms with van der Waals surface area (Å²) in [6.07, 6.45) is 4.77. The van der Waals surface area contributed by atoms with E-state index in [9.17, 15) is 0 Å². The second-order valence-corrected chi connectivity index (χ2v) is 6.94. The molecule has 2 atom stereocenters. The summed E-state index contributed by atoms with van der Waals surface area (Å²) in [6, 6.07) is 0.663. The highest BCUT2D eigenvalue weighted by Gasteiger charge is 2.24. The van der Waals surface area contributed by atoms with Gasteiger partial charge in [-0.15, -0.1) is 0 Å². The first-order valence-electron chi connectivity index (χ1n) is 9.56. The molecule has 0 radical (unpaired) electrons. The maximum Gasteiger partial charge on any atom is 0.193 e. The molecule has 0 bridgehead atoms. The van der Waals surface area contributed by atoms with Crippen molar-refractivity contribution in [3.63, 3.8) is 0 Å². The van der Waals surface area contributed by atoms with E-state index in [1.807, 2.05) is 7.05 Å². The normalized spacial score (nSPS) is 25.4. The Morgan fingerprint density at radius 2 is 2.29 bits per heavy atom. The number of nitrogens with one attached hydrogen (secondary N) is 1. The molecule has 0 aromatic carbocycles. The fourth-order valence-corrected chi connectivity index (χ4v) is 3.64. The van der Waals surface area contributed by atoms with E-state index in [0.717, 1.165) is 64.9 Å². The van der Waals surface area contributed by atoms with Crippen LogP contribution in [0.15, 0.2) is 4.99 Å². The lowest BCUT2D eigenvalue weighted by atomic mass is 10.1. The lowest BCUT2D eigenvalue weighted by Crippen LogP contribution is -2.46. The van der Waals surface area contributed by atoms with Crippen molar-refractivity contribution in [3.05, 3.63) is 0 Å². The predicted octanol–water partition coefficient (Wildman–Crippen LogP) is 1.42. The number of nitrogens with zero attached hydrogens (tertiary/aromatic N) is 3. The molecule has 0 aliphatic carbocycles. The van der Waals surface area contributed by atoms with E-state index in [2.05, 4.69) is 34.1 Å². The van der Waals surface area contributed by atoms with Crippen LogP contribution in [0.2, 0.25) is 0 Å². The largest absolute Gasteiger partial charge is 0.381 e. The molecule has 6 nitrogen and oxygen atoms in total. The molecule has 2 unspecified atom stereocenters. The summed E-state index contributed by atoms with van der Waals surface area (Å²) >= 11 is 0. The summed E-state index contributed by atoms with van der Waals surface area (Å²) in [6.45, 7) is 9.99. The Morgan fingerprint density at radius 3 is 3.00 bits per heavy atom. The van der Waals surface area contributed by atoms with E-state index in [1.165, 1.54) is 19.4 Å². The van der Waals surface area contributed by atoms with Crippen molar-refractivity contribution in [1.82, 2.24) is 15.1 Å². The molecule has 2 heterocycles. The molecule has 140 valence electrons. The topological polar surface area (TPSA) is 49.3 Å². The van der Waals surface area contributed by atoms with Gasteiger partial charge in [-0.05, 0) is 38.8 Å². The summed E-state index contributed by atoms with van der Waals surface area (Å²) in [4.78, 5) is 9.25. The Bertz CT molecular complexity index is 372. The Balaban J connectivity index is 1.57. The standard InChI is InChI=1S/C18H36N4O2/c1-4-22-10-5-7-17(22)13-21(3)18(19-2)20-9-6-11-23-14-16-8-12-24-15-16/h16-17H,4-15H2,1-3H3,(H,19,20). The monoisotopic (exact) mass is 340 g/mol. The highest BCUT2D eigenvalue weighted by atomic mass is 16.5. The van der Waals surface area contributed by atoms with Gasteiger partial charge < -0.3 is 19.7 Å². The molecule has 2 rings (SSSR count). The molecular formula is C18H36N4O2. The molecule has 2 fully saturated rings. The minimum absolute atomic E-state index is 0.602. The van der Waals surface area contributed by atoms with Crippen LogP contribution in [0.5, 0.6) is 0 Å². The molecule has 0 saturated carbocycles. The number of ether oxygens (including phenoxy) is 2. The maximum absolute atomic E-state index is 5.75. The summed E-state index contributed by atoms with van der Waals surface area (Å²) < 4.78 is 11.1. The third kappa shape index (κ3) is 6.22. The highest BCUT2D eigenvalue weighted by Crippen LogP contribution is 2.17. The molecule has 0 amide bonds. The van der Waals surface area contributed by atoms with Crippen molar-refractivity contribution in [1.29, 1.82) is 0 Å². The van der Waals surface area contributed by atoms with Crippen LogP contribution >= 0.6 is 0 Å². The Labute approximate surface area is 147 Å². The Kier molecular flexibility index (Phi) is 8.84. The molecule has 24 heavy (non-hydrogen) atoms. The van der Waals surface area contributed by atoms with E-state index in [0.29, 0.717) is 12.0 Å². The van der Waals surface area contributed by atoms with Crippen LogP contribution in [-0.4, -0.2) is 88.5 Å². The molecule has 2 saturated heterocycles. The maximum atomic E-state index is 5.75. The van der Waals surface area contributed by atoms with Gasteiger partial charge in [-0.3, -0.25) is 9.89 Å². The van der Waals surface area contributed by atoms with Crippen molar-refractivity contribution in [3.8, 4) is 0 Å². The smallest absolute Gasteiger partial charge is 0.193 e. The minimum Gasteiger partial charge on any atom is -0.381 e. The first kappa shape index (κ1) is 19.5. The average molecular weight is 341 g/mol. The van der Waals surface area contributed by atoms with E-state index >= 15 is 0 Å². The molecule has 0 aromatic heterocycles. The Hall–Kier alpha value is -0.850. The van der Waals surface area contributed by atoms with Crippen LogP contribution in [0.4, 0.5) is 0 Å². The lowest BCUT2D eigenvalue weighted by Gasteiger charge is -2.29.